The minimum Gasteiger partial charge on any atom is -0.507 e. The minimum absolute atomic E-state index is 0.0201. The molecule has 0 amide bonds. The average molecular weight is 251 g/mol. The third-order valence-corrected chi connectivity index (χ3v) is 2.45. The van der Waals surface area contributed by atoms with Crippen LogP contribution in [-0.4, -0.2) is 34.8 Å². The smallest absolute Gasteiger partial charge is 0.270 e. The van der Waals surface area contributed by atoms with Crippen LogP contribution >= 0.6 is 0 Å². The molecule has 0 bridgehead atoms. The molecule has 0 saturated carbocycles. The first-order valence-corrected chi connectivity index (χ1v) is 5.77. The van der Waals surface area contributed by atoms with Crippen LogP contribution in [0.1, 0.15) is 25.3 Å². The summed E-state index contributed by atoms with van der Waals surface area (Å²) in [7, 11) is 1.82. The summed E-state index contributed by atoms with van der Waals surface area (Å²) in [6.45, 7) is 2.90. The topological polar surface area (TPSA) is 79.0 Å². The van der Waals surface area contributed by atoms with E-state index in [0.717, 1.165) is 19.4 Å². The number of phenolic OH excluding ortho intramolecular Hbond substituents is 1. The summed E-state index contributed by atoms with van der Waals surface area (Å²) in [5.74, 6) is -0.0201. The van der Waals surface area contributed by atoms with Crippen LogP contribution in [0.2, 0.25) is 0 Å². The first-order chi connectivity index (χ1) is 8.54. The lowest BCUT2D eigenvalue weighted by Crippen LogP contribution is -2.12. The Kier molecular flexibility index (Phi) is 5.10. The van der Waals surface area contributed by atoms with Crippen LogP contribution < -0.4 is 0 Å². The number of unbranched alkanes of at least 4 members (excludes halogenated alkanes) is 1. The molecule has 0 aliphatic heterocycles. The first kappa shape index (κ1) is 14.0. The van der Waals surface area contributed by atoms with Crippen molar-refractivity contribution >= 4 is 11.9 Å². The van der Waals surface area contributed by atoms with Crippen LogP contribution in [0.3, 0.4) is 0 Å². The van der Waals surface area contributed by atoms with Crippen LogP contribution in [0.15, 0.2) is 23.3 Å². The first-order valence-electron chi connectivity index (χ1n) is 5.77. The van der Waals surface area contributed by atoms with Crippen molar-refractivity contribution in [3.05, 3.63) is 33.9 Å². The van der Waals surface area contributed by atoms with E-state index in [2.05, 4.69) is 12.0 Å². The van der Waals surface area contributed by atoms with E-state index in [4.69, 9.17) is 0 Å². The summed E-state index contributed by atoms with van der Waals surface area (Å²) >= 11 is 0. The lowest BCUT2D eigenvalue weighted by Gasteiger charge is -2.11. The Balaban J connectivity index is 2.79. The Bertz CT molecular complexity index is 446. The molecule has 1 N–H and O–H groups in total. The summed E-state index contributed by atoms with van der Waals surface area (Å²) in [5, 5.41) is 26.0. The number of hydrogen-bond acceptors (Lipinski definition) is 5. The molecule has 0 saturated heterocycles. The van der Waals surface area contributed by atoms with Crippen molar-refractivity contribution in [2.45, 2.75) is 19.8 Å². The van der Waals surface area contributed by atoms with Crippen molar-refractivity contribution in [3.8, 4) is 5.75 Å². The highest BCUT2D eigenvalue weighted by Crippen LogP contribution is 2.21. The molecule has 0 aliphatic rings. The van der Waals surface area contributed by atoms with Crippen LogP contribution in [0.25, 0.3) is 0 Å². The van der Waals surface area contributed by atoms with Gasteiger partial charge in [0.25, 0.3) is 5.69 Å². The fourth-order valence-electron chi connectivity index (χ4n) is 1.36. The van der Waals surface area contributed by atoms with E-state index >= 15 is 0 Å². The molecule has 6 heteroatoms. The van der Waals surface area contributed by atoms with Crippen LogP contribution in [0, 0.1) is 10.1 Å². The zero-order valence-electron chi connectivity index (χ0n) is 10.5. The van der Waals surface area contributed by atoms with Gasteiger partial charge in [0.1, 0.15) is 5.75 Å². The van der Waals surface area contributed by atoms with Crippen molar-refractivity contribution in [3.63, 3.8) is 0 Å². The van der Waals surface area contributed by atoms with Gasteiger partial charge >= 0.3 is 0 Å². The number of non-ortho nitro benzene ring substituents is 1. The van der Waals surface area contributed by atoms with E-state index < -0.39 is 4.92 Å². The van der Waals surface area contributed by atoms with E-state index in [1.807, 2.05) is 7.05 Å². The summed E-state index contributed by atoms with van der Waals surface area (Å²) in [6, 6.07) is 3.85. The lowest BCUT2D eigenvalue weighted by molar-refractivity contribution is -0.384. The van der Waals surface area contributed by atoms with E-state index in [1.54, 1.807) is 5.01 Å². The number of nitro benzene ring substituents is 1. The fourth-order valence-corrected chi connectivity index (χ4v) is 1.36. The molecule has 0 radical (unpaired) electrons. The summed E-state index contributed by atoms with van der Waals surface area (Å²) in [6.07, 6.45) is 3.52. The second-order valence-electron chi connectivity index (χ2n) is 3.98. The third-order valence-electron chi connectivity index (χ3n) is 2.45. The number of rotatable bonds is 6. The highest BCUT2D eigenvalue weighted by molar-refractivity contribution is 5.84. The third kappa shape index (κ3) is 4.04. The van der Waals surface area contributed by atoms with Gasteiger partial charge in [0.15, 0.2) is 0 Å². The summed E-state index contributed by atoms with van der Waals surface area (Å²) in [4.78, 5) is 10.1. The standard InChI is InChI=1S/C12H17N3O3/c1-3-4-7-14(2)13-9-10-8-11(15(17)18)5-6-12(10)16/h5-6,8-9,16H,3-4,7H2,1-2H3/b13-9+. The zero-order valence-corrected chi connectivity index (χ0v) is 10.5. The number of nitrogens with zero attached hydrogens (tertiary/aromatic N) is 3. The van der Waals surface area contributed by atoms with Crippen molar-refractivity contribution < 1.29 is 10.0 Å². The van der Waals surface area contributed by atoms with Gasteiger partial charge in [-0.15, -0.1) is 0 Å². The molecule has 18 heavy (non-hydrogen) atoms. The van der Waals surface area contributed by atoms with Gasteiger partial charge in [0.2, 0.25) is 0 Å². The Labute approximate surface area is 106 Å². The maximum atomic E-state index is 10.6. The van der Waals surface area contributed by atoms with Gasteiger partial charge in [-0.1, -0.05) is 13.3 Å². The van der Waals surface area contributed by atoms with E-state index in [9.17, 15) is 15.2 Å². The van der Waals surface area contributed by atoms with Gasteiger partial charge in [0.05, 0.1) is 11.1 Å². The fraction of sp³-hybridized carbons (Fsp3) is 0.417. The van der Waals surface area contributed by atoms with Crippen molar-refractivity contribution in [2.75, 3.05) is 13.6 Å². The molecule has 1 aromatic rings. The second-order valence-corrected chi connectivity index (χ2v) is 3.98. The predicted molar refractivity (Wildman–Crippen MR) is 69.9 cm³/mol. The highest BCUT2D eigenvalue weighted by atomic mass is 16.6. The van der Waals surface area contributed by atoms with Crippen molar-refractivity contribution in [2.24, 2.45) is 5.10 Å². The molecule has 0 aromatic heterocycles. The number of aromatic hydroxyl groups is 1. The van der Waals surface area contributed by atoms with Gasteiger partial charge in [0, 0.05) is 31.3 Å². The Morgan fingerprint density at radius 2 is 2.28 bits per heavy atom. The molecule has 0 unspecified atom stereocenters. The van der Waals surface area contributed by atoms with Crippen molar-refractivity contribution in [1.82, 2.24) is 5.01 Å². The average Bonchev–Trinajstić information content (AvgIpc) is 2.35. The molecule has 0 fully saturated rings. The quantitative estimate of drug-likeness (QED) is 0.478. The number of benzene rings is 1. The molecule has 1 rings (SSSR count). The molecule has 0 spiro atoms. The highest BCUT2D eigenvalue weighted by Gasteiger charge is 2.08. The van der Waals surface area contributed by atoms with Gasteiger partial charge in [-0.05, 0) is 12.5 Å². The molecule has 1 aromatic carbocycles. The predicted octanol–water partition coefficient (Wildman–Crippen LogP) is 2.37. The molecular weight excluding hydrogens is 234 g/mol. The maximum absolute atomic E-state index is 10.6. The Morgan fingerprint density at radius 1 is 1.56 bits per heavy atom. The van der Waals surface area contributed by atoms with Crippen LogP contribution in [0.4, 0.5) is 5.69 Å². The monoisotopic (exact) mass is 251 g/mol. The second kappa shape index (κ2) is 6.58. The minimum atomic E-state index is -0.502. The van der Waals surface area contributed by atoms with E-state index in [-0.39, 0.29) is 11.4 Å². The summed E-state index contributed by atoms with van der Waals surface area (Å²) < 4.78 is 0. The molecule has 98 valence electrons. The molecule has 0 aliphatic carbocycles. The van der Waals surface area contributed by atoms with Gasteiger partial charge < -0.3 is 10.1 Å². The maximum Gasteiger partial charge on any atom is 0.270 e. The SMILES string of the molecule is CCCCN(C)/N=C/c1cc([N+](=O)[O-])ccc1O. The molecule has 0 heterocycles. The van der Waals surface area contributed by atoms with Gasteiger partial charge in [-0.2, -0.15) is 5.10 Å². The number of nitro groups is 1. The van der Waals surface area contributed by atoms with Crippen LogP contribution in [-0.2, 0) is 0 Å². The summed E-state index contributed by atoms with van der Waals surface area (Å²) in [5.41, 5.74) is 0.276. The van der Waals surface area contributed by atoms with Crippen LogP contribution in [0.5, 0.6) is 5.75 Å². The molecular formula is C12H17N3O3. The Hall–Kier alpha value is -2.11. The van der Waals surface area contributed by atoms with Crippen molar-refractivity contribution in [1.29, 1.82) is 0 Å². The largest absolute Gasteiger partial charge is 0.507 e. The molecule has 6 nitrogen and oxygen atoms in total. The zero-order chi connectivity index (χ0) is 13.5. The molecule has 0 atom stereocenters. The van der Waals surface area contributed by atoms with E-state index in [0.29, 0.717) is 5.56 Å². The van der Waals surface area contributed by atoms with Gasteiger partial charge in [-0.3, -0.25) is 10.1 Å². The van der Waals surface area contributed by atoms with E-state index in [1.165, 1.54) is 24.4 Å². The number of hydrazone groups is 1. The normalized spacial score (nSPS) is 10.8. The Morgan fingerprint density at radius 3 is 2.89 bits per heavy atom. The number of phenols is 1. The number of hydrogen-bond donors (Lipinski definition) is 1. The lowest BCUT2D eigenvalue weighted by atomic mass is 10.2. The van der Waals surface area contributed by atoms with Gasteiger partial charge in [-0.25, -0.2) is 0 Å².